The van der Waals surface area contributed by atoms with Gasteiger partial charge in [0.1, 0.15) is 0 Å². The average Bonchev–Trinajstić information content (AvgIpc) is 2.70. The number of hydrogen-bond acceptors (Lipinski definition) is 4. The minimum Gasteiger partial charge on any atom is -0.618 e. The number of fused-ring (bicyclic) bond motifs is 1. The Morgan fingerprint density at radius 1 is 0.962 bits per heavy atom. The first kappa shape index (κ1) is 15.8. The molecule has 0 N–H and O–H groups in total. The Bertz CT molecular complexity index is 1110. The molecular weight excluding hydrogens is 330 g/mol. The quantitative estimate of drug-likeness (QED) is 0.420. The maximum atomic E-state index is 13.0. The Balaban J connectivity index is 1.90. The zero-order valence-corrected chi connectivity index (χ0v) is 13.8. The number of hydrogen-bond donors (Lipinski definition) is 0. The standard InChI is InChI=1S/C20H15N3O3/c24-20-19(15-8-2-1-3-9-15)22(25)17-11-4-5-12-18(17)23(20)26-14-16-10-6-7-13-21-16/h1-13H,14H2. The SMILES string of the molecule is O=c1c(-c2ccccc2)[n+]([O-])c2ccccc2n1OCc1ccccn1. The normalized spacial score (nSPS) is 10.8. The number of benzene rings is 2. The predicted octanol–water partition coefficient (Wildman–Crippen LogP) is 2.33. The topological polar surface area (TPSA) is 71.1 Å². The fraction of sp³-hybridized carbons (Fsp3) is 0.0500. The molecule has 0 aliphatic rings. The molecule has 0 amide bonds. The van der Waals surface area contributed by atoms with Gasteiger partial charge in [-0.15, -0.1) is 4.73 Å². The summed E-state index contributed by atoms with van der Waals surface area (Å²) in [6.07, 6.45) is 1.66. The van der Waals surface area contributed by atoms with Gasteiger partial charge in [-0.3, -0.25) is 9.78 Å². The molecule has 0 aliphatic heterocycles. The van der Waals surface area contributed by atoms with Crippen molar-refractivity contribution in [2.45, 2.75) is 6.61 Å². The Kier molecular flexibility index (Phi) is 4.07. The molecule has 6 heteroatoms. The number of nitrogens with zero attached hydrogens (tertiary/aromatic N) is 3. The summed E-state index contributed by atoms with van der Waals surface area (Å²) in [6, 6.07) is 21.1. The summed E-state index contributed by atoms with van der Waals surface area (Å²) in [7, 11) is 0. The zero-order valence-electron chi connectivity index (χ0n) is 13.8. The molecule has 4 rings (SSSR count). The third kappa shape index (κ3) is 2.77. The smallest absolute Gasteiger partial charge is 0.357 e. The van der Waals surface area contributed by atoms with Crippen LogP contribution in [0.15, 0.2) is 83.8 Å². The van der Waals surface area contributed by atoms with Crippen molar-refractivity contribution in [2.24, 2.45) is 0 Å². The molecule has 128 valence electrons. The lowest BCUT2D eigenvalue weighted by Crippen LogP contribution is -2.42. The van der Waals surface area contributed by atoms with E-state index in [0.717, 1.165) is 0 Å². The van der Waals surface area contributed by atoms with E-state index >= 15 is 0 Å². The van der Waals surface area contributed by atoms with Crippen LogP contribution in [-0.2, 0) is 6.61 Å². The predicted molar refractivity (Wildman–Crippen MR) is 97.1 cm³/mol. The van der Waals surface area contributed by atoms with E-state index in [1.54, 1.807) is 60.8 Å². The maximum Gasteiger partial charge on any atom is 0.357 e. The summed E-state index contributed by atoms with van der Waals surface area (Å²) in [6.45, 7) is 0.113. The van der Waals surface area contributed by atoms with Gasteiger partial charge in [-0.1, -0.05) is 36.4 Å². The van der Waals surface area contributed by atoms with Gasteiger partial charge in [0.05, 0.1) is 11.3 Å². The second-order valence-electron chi connectivity index (χ2n) is 5.69. The highest BCUT2D eigenvalue weighted by atomic mass is 16.7. The van der Waals surface area contributed by atoms with Gasteiger partial charge in [0.2, 0.25) is 5.52 Å². The van der Waals surface area contributed by atoms with Crippen LogP contribution in [0.1, 0.15) is 5.69 Å². The van der Waals surface area contributed by atoms with Gasteiger partial charge in [-0.05, 0) is 30.3 Å². The fourth-order valence-electron chi connectivity index (χ4n) is 2.80. The van der Waals surface area contributed by atoms with Crippen LogP contribution in [0.4, 0.5) is 0 Å². The number of pyridine rings is 1. The first-order chi connectivity index (χ1) is 12.8. The lowest BCUT2D eigenvalue weighted by Gasteiger charge is -2.14. The summed E-state index contributed by atoms with van der Waals surface area (Å²) in [5.74, 6) is 0. The van der Waals surface area contributed by atoms with Crippen LogP contribution in [0.25, 0.3) is 22.3 Å². The Morgan fingerprint density at radius 2 is 1.69 bits per heavy atom. The molecule has 0 bridgehead atoms. The summed E-state index contributed by atoms with van der Waals surface area (Å²) >= 11 is 0. The van der Waals surface area contributed by atoms with Crippen molar-refractivity contribution in [1.29, 1.82) is 0 Å². The summed E-state index contributed by atoms with van der Waals surface area (Å²) in [5.41, 5.74) is 1.48. The van der Waals surface area contributed by atoms with Gasteiger partial charge in [-0.25, -0.2) is 0 Å². The first-order valence-corrected chi connectivity index (χ1v) is 8.11. The van der Waals surface area contributed by atoms with Crippen LogP contribution in [0.3, 0.4) is 0 Å². The van der Waals surface area contributed by atoms with E-state index in [1.807, 2.05) is 18.2 Å². The van der Waals surface area contributed by atoms with E-state index in [1.165, 1.54) is 4.73 Å². The fourth-order valence-corrected chi connectivity index (χ4v) is 2.80. The van der Waals surface area contributed by atoms with Gasteiger partial charge in [0.25, 0.3) is 5.69 Å². The highest BCUT2D eigenvalue weighted by Gasteiger charge is 2.23. The monoisotopic (exact) mass is 345 g/mol. The molecule has 2 aromatic carbocycles. The van der Waals surface area contributed by atoms with Gasteiger partial charge < -0.3 is 10.0 Å². The van der Waals surface area contributed by atoms with Gasteiger partial charge >= 0.3 is 5.56 Å². The Hall–Kier alpha value is -3.67. The largest absolute Gasteiger partial charge is 0.618 e. The highest BCUT2D eigenvalue weighted by molar-refractivity contribution is 5.73. The van der Waals surface area contributed by atoms with E-state index in [4.69, 9.17) is 4.84 Å². The minimum absolute atomic E-state index is 0.0188. The molecule has 0 fully saturated rings. The van der Waals surface area contributed by atoms with Crippen LogP contribution in [0.5, 0.6) is 0 Å². The molecule has 26 heavy (non-hydrogen) atoms. The molecule has 2 aromatic heterocycles. The molecule has 2 heterocycles. The molecule has 0 atom stereocenters. The van der Waals surface area contributed by atoms with Crippen molar-refractivity contribution in [3.05, 3.63) is 100 Å². The molecule has 0 radical (unpaired) electrons. The number of aromatic nitrogens is 3. The molecular formula is C20H15N3O3. The second-order valence-corrected chi connectivity index (χ2v) is 5.69. The van der Waals surface area contributed by atoms with Gasteiger partial charge in [-0.2, -0.15) is 4.73 Å². The number of para-hydroxylation sites is 2. The van der Waals surface area contributed by atoms with Gasteiger partial charge in [0.15, 0.2) is 12.1 Å². The van der Waals surface area contributed by atoms with Crippen molar-refractivity contribution < 1.29 is 9.57 Å². The molecule has 0 aliphatic carbocycles. The molecule has 0 saturated carbocycles. The maximum absolute atomic E-state index is 13.0. The highest BCUT2D eigenvalue weighted by Crippen LogP contribution is 2.15. The van der Waals surface area contributed by atoms with Crippen molar-refractivity contribution in [1.82, 2.24) is 9.71 Å². The van der Waals surface area contributed by atoms with E-state index in [2.05, 4.69) is 4.98 Å². The van der Waals surface area contributed by atoms with Crippen LogP contribution < -0.4 is 15.1 Å². The molecule has 4 aromatic rings. The third-order valence-electron chi connectivity index (χ3n) is 4.02. The van der Waals surface area contributed by atoms with Crippen molar-refractivity contribution >= 4 is 11.0 Å². The van der Waals surface area contributed by atoms with Crippen LogP contribution in [0, 0.1) is 5.21 Å². The van der Waals surface area contributed by atoms with Crippen molar-refractivity contribution in [3.8, 4) is 11.3 Å². The molecule has 0 saturated heterocycles. The third-order valence-corrected chi connectivity index (χ3v) is 4.02. The molecule has 6 nitrogen and oxygen atoms in total. The second kappa shape index (κ2) is 6.68. The van der Waals surface area contributed by atoms with Crippen molar-refractivity contribution in [2.75, 3.05) is 0 Å². The van der Waals surface area contributed by atoms with E-state index in [-0.39, 0.29) is 12.3 Å². The summed E-state index contributed by atoms with van der Waals surface area (Å²) < 4.78 is 1.83. The minimum atomic E-state index is -0.513. The van der Waals surface area contributed by atoms with Gasteiger partial charge in [0, 0.05) is 12.3 Å². The van der Waals surface area contributed by atoms with Crippen LogP contribution in [0.2, 0.25) is 0 Å². The summed E-state index contributed by atoms with van der Waals surface area (Å²) in [5, 5.41) is 12.8. The van der Waals surface area contributed by atoms with E-state index in [0.29, 0.717) is 27.0 Å². The van der Waals surface area contributed by atoms with Crippen LogP contribution >= 0.6 is 0 Å². The number of rotatable bonds is 4. The van der Waals surface area contributed by atoms with Crippen LogP contribution in [-0.4, -0.2) is 9.71 Å². The lowest BCUT2D eigenvalue weighted by molar-refractivity contribution is -0.566. The summed E-state index contributed by atoms with van der Waals surface area (Å²) in [4.78, 5) is 23.0. The van der Waals surface area contributed by atoms with E-state index in [9.17, 15) is 10.0 Å². The average molecular weight is 345 g/mol. The van der Waals surface area contributed by atoms with E-state index < -0.39 is 5.56 Å². The Morgan fingerprint density at radius 3 is 2.46 bits per heavy atom. The first-order valence-electron chi connectivity index (χ1n) is 8.11. The van der Waals surface area contributed by atoms with Crippen molar-refractivity contribution in [3.63, 3.8) is 0 Å². The molecule has 0 spiro atoms. The lowest BCUT2D eigenvalue weighted by atomic mass is 10.1. The zero-order chi connectivity index (χ0) is 17.9. The Labute approximate surface area is 149 Å². The molecule has 0 unspecified atom stereocenters.